The molecular weight excluding hydrogens is 460 g/mol. The summed E-state index contributed by atoms with van der Waals surface area (Å²) in [6, 6.07) is 12.6. The minimum Gasteiger partial charge on any atom is -0.496 e. The van der Waals surface area contributed by atoms with E-state index < -0.39 is 5.91 Å². The van der Waals surface area contributed by atoms with Crippen molar-refractivity contribution in [1.82, 2.24) is 19.3 Å². The minimum atomic E-state index is -0.605. The number of hydrogen-bond acceptors (Lipinski definition) is 5. The van der Waals surface area contributed by atoms with Crippen molar-refractivity contribution in [2.45, 2.75) is 38.6 Å². The van der Waals surface area contributed by atoms with Gasteiger partial charge < -0.3 is 20.8 Å². The molecule has 1 aliphatic carbocycles. The Kier molecular flexibility index (Phi) is 6.09. The number of benzene rings is 2. The predicted octanol–water partition coefficient (Wildman–Crippen LogP) is 3.30. The number of nitrogens with two attached hydrogens (primary N) is 1. The highest BCUT2D eigenvalue weighted by Gasteiger charge is 2.29. The molecular formula is C26H28N6O4. The van der Waals surface area contributed by atoms with E-state index in [1.54, 1.807) is 17.7 Å². The van der Waals surface area contributed by atoms with Crippen LogP contribution in [0.5, 0.6) is 5.75 Å². The third kappa shape index (κ3) is 4.15. The quantitative estimate of drug-likeness (QED) is 0.382. The van der Waals surface area contributed by atoms with Gasteiger partial charge in [0.2, 0.25) is 5.91 Å². The molecule has 36 heavy (non-hydrogen) atoms. The number of methoxy groups -OCH3 is 1. The molecule has 4 aromatic rings. The van der Waals surface area contributed by atoms with Crippen molar-refractivity contribution < 1.29 is 14.3 Å². The summed E-state index contributed by atoms with van der Waals surface area (Å²) < 4.78 is 8.54. The van der Waals surface area contributed by atoms with Gasteiger partial charge in [-0.15, -0.1) is 0 Å². The molecule has 0 radical (unpaired) electrons. The molecule has 1 fully saturated rings. The zero-order chi connectivity index (χ0) is 25.4. The first-order valence-electron chi connectivity index (χ1n) is 11.9. The van der Waals surface area contributed by atoms with Gasteiger partial charge in [-0.3, -0.25) is 14.2 Å². The van der Waals surface area contributed by atoms with Crippen molar-refractivity contribution in [2.75, 3.05) is 12.4 Å². The fraction of sp³-hybridized carbons (Fsp3) is 0.308. The first-order chi connectivity index (χ1) is 17.4. The van der Waals surface area contributed by atoms with Gasteiger partial charge in [0.05, 0.1) is 30.0 Å². The number of para-hydroxylation sites is 1. The van der Waals surface area contributed by atoms with Crippen molar-refractivity contribution in [3.8, 4) is 11.4 Å². The summed E-state index contributed by atoms with van der Waals surface area (Å²) >= 11 is 0. The maximum absolute atomic E-state index is 13.0. The molecule has 4 N–H and O–H groups in total. The number of ether oxygens (including phenoxy) is 1. The Morgan fingerprint density at radius 1 is 1.14 bits per heavy atom. The molecule has 186 valence electrons. The van der Waals surface area contributed by atoms with Crippen LogP contribution < -0.4 is 21.5 Å². The molecule has 2 heterocycles. The number of imidazole rings is 1. The Morgan fingerprint density at radius 3 is 2.64 bits per heavy atom. The van der Waals surface area contributed by atoms with Gasteiger partial charge in [0.1, 0.15) is 11.4 Å². The average molecular weight is 489 g/mol. The van der Waals surface area contributed by atoms with Gasteiger partial charge in [-0.1, -0.05) is 12.1 Å². The number of rotatable bonds is 6. The fourth-order valence-corrected chi connectivity index (χ4v) is 5.09. The summed E-state index contributed by atoms with van der Waals surface area (Å²) in [5.74, 6) is -0.0302. The minimum absolute atomic E-state index is 0.0226. The van der Waals surface area contributed by atoms with Crippen LogP contribution >= 0.6 is 0 Å². The van der Waals surface area contributed by atoms with Crippen LogP contribution in [-0.4, -0.2) is 38.3 Å². The fourth-order valence-electron chi connectivity index (χ4n) is 5.09. The van der Waals surface area contributed by atoms with E-state index in [1.165, 1.54) is 16.9 Å². The Labute approximate surface area is 207 Å². The van der Waals surface area contributed by atoms with Crippen molar-refractivity contribution >= 4 is 28.5 Å². The van der Waals surface area contributed by atoms with Crippen LogP contribution in [0.25, 0.3) is 16.7 Å². The van der Waals surface area contributed by atoms with E-state index in [1.807, 2.05) is 37.3 Å². The Morgan fingerprint density at radius 2 is 1.92 bits per heavy atom. The molecule has 10 nitrogen and oxygen atoms in total. The van der Waals surface area contributed by atoms with Gasteiger partial charge in [-0.25, -0.2) is 9.48 Å². The maximum atomic E-state index is 13.0. The SMILES string of the molecule is COc1cc(NC(=O)[C@H]2CC[C@@H](n3c(=O)[nH]c4c(-n5nccc5C(N)=O)cccc43)CC2)ccc1C. The molecule has 0 aliphatic heterocycles. The lowest BCUT2D eigenvalue weighted by Crippen LogP contribution is -2.31. The lowest BCUT2D eigenvalue weighted by atomic mass is 9.85. The van der Waals surface area contributed by atoms with Crippen LogP contribution in [0, 0.1) is 12.8 Å². The number of aryl methyl sites for hydroxylation is 1. The first kappa shape index (κ1) is 23.4. The average Bonchev–Trinajstić information content (AvgIpc) is 3.49. The number of nitrogens with zero attached hydrogens (tertiary/aromatic N) is 3. The highest BCUT2D eigenvalue weighted by atomic mass is 16.5. The van der Waals surface area contributed by atoms with Gasteiger partial charge in [-0.05, 0) is 62.4 Å². The lowest BCUT2D eigenvalue weighted by molar-refractivity contribution is -0.121. The molecule has 0 atom stereocenters. The molecule has 1 aliphatic rings. The van der Waals surface area contributed by atoms with E-state index in [4.69, 9.17) is 10.5 Å². The zero-order valence-corrected chi connectivity index (χ0v) is 20.2. The van der Waals surface area contributed by atoms with E-state index in [0.29, 0.717) is 42.6 Å². The number of aromatic amines is 1. The van der Waals surface area contributed by atoms with Crippen LogP contribution in [0.3, 0.4) is 0 Å². The lowest BCUT2D eigenvalue weighted by Gasteiger charge is -2.28. The zero-order valence-electron chi connectivity index (χ0n) is 20.2. The summed E-state index contributed by atoms with van der Waals surface area (Å²) in [7, 11) is 1.61. The van der Waals surface area contributed by atoms with Crippen molar-refractivity contribution in [2.24, 2.45) is 11.7 Å². The van der Waals surface area contributed by atoms with Crippen LogP contribution in [0.4, 0.5) is 5.69 Å². The second-order valence-corrected chi connectivity index (χ2v) is 9.14. The highest BCUT2D eigenvalue weighted by molar-refractivity contribution is 5.94. The second kappa shape index (κ2) is 9.37. The summed E-state index contributed by atoms with van der Waals surface area (Å²) in [5, 5.41) is 7.22. The Hall–Kier alpha value is -4.34. The third-order valence-electron chi connectivity index (χ3n) is 6.96. The first-order valence-corrected chi connectivity index (χ1v) is 11.9. The summed E-state index contributed by atoms with van der Waals surface area (Å²) in [5.41, 5.74) is 9.07. The molecule has 0 bridgehead atoms. The van der Waals surface area contributed by atoms with Crippen molar-refractivity contribution in [3.05, 3.63) is 70.4 Å². The summed E-state index contributed by atoms with van der Waals surface area (Å²) in [6.45, 7) is 1.95. The maximum Gasteiger partial charge on any atom is 0.326 e. The molecule has 2 aromatic carbocycles. The van der Waals surface area contributed by atoms with E-state index in [0.717, 1.165) is 16.8 Å². The molecule has 1 saturated carbocycles. The van der Waals surface area contributed by atoms with Crippen LogP contribution in [-0.2, 0) is 4.79 Å². The number of carbonyl (C=O) groups is 2. The largest absolute Gasteiger partial charge is 0.496 e. The molecule has 5 rings (SSSR count). The summed E-state index contributed by atoms with van der Waals surface area (Å²) in [6.07, 6.45) is 4.22. The second-order valence-electron chi connectivity index (χ2n) is 9.14. The number of fused-ring (bicyclic) bond motifs is 1. The van der Waals surface area contributed by atoms with E-state index in [9.17, 15) is 14.4 Å². The standard InChI is InChI=1S/C26H28N6O4/c1-15-6-9-17(14-22(15)36-2)29-25(34)16-7-10-18(11-8-16)31-19-4-3-5-20(23(19)30-26(31)35)32-21(24(27)33)12-13-28-32/h3-6,9,12-14,16,18H,7-8,10-11H2,1-2H3,(H2,27,33)(H,29,34)(H,30,35)/t16-,18+. The van der Waals surface area contributed by atoms with Gasteiger partial charge in [-0.2, -0.15) is 5.10 Å². The number of aromatic nitrogens is 4. The number of primary amides is 1. The summed E-state index contributed by atoms with van der Waals surface area (Å²) in [4.78, 5) is 40.7. The van der Waals surface area contributed by atoms with Crippen molar-refractivity contribution in [1.29, 1.82) is 0 Å². The van der Waals surface area contributed by atoms with Crippen molar-refractivity contribution in [3.63, 3.8) is 0 Å². The van der Waals surface area contributed by atoms with E-state index in [2.05, 4.69) is 15.4 Å². The molecule has 10 heteroatoms. The monoisotopic (exact) mass is 488 g/mol. The van der Waals surface area contributed by atoms with Crippen LogP contribution in [0.2, 0.25) is 0 Å². The Bertz CT molecular complexity index is 1510. The van der Waals surface area contributed by atoms with Crippen LogP contribution in [0.15, 0.2) is 53.5 Å². The number of H-pyrrole nitrogens is 1. The molecule has 0 saturated heterocycles. The third-order valence-corrected chi connectivity index (χ3v) is 6.96. The van der Waals surface area contributed by atoms with Gasteiger partial charge in [0.25, 0.3) is 5.91 Å². The smallest absolute Gasteiger partial charge is 0.326 e. The predicted molar refractivity (Wildman–Crippen MR) is 136 cm³/mol. The Balaban J connectivity index is 1.34. The number of hydrogen-bond donors (Lipinski definition) is 3. The number of anilines is 1. The highest BCUT2D eigenvalue weighted by Crippen LogP contribution is 2.35. The number of carbonyl (C=O) groups excluding carboxylic acids is 2. The molecule has 2 amide bonds. The molecule has 2 aromatic heterocycles. The molecule has 0 unspecified atom stereocenters. The van der Waals surface area contributed by atoms with Gasteiger partial charge in [0.15, 0.2) is 0 Å². The van der Waals surface area contributed by atoms with Gasteiger partial charge in [0, 0.05) is 23.7 Å². The number of amides is 2. The van der Waals surface area contributed by atoms with E-state index in [-0.39, 0.29) is 29.3 Å². The normalized spacial score (nSPS) is 17.7. The van der Waals surface area contributed by atoms with Crippen LogP contribution in [0.1, 0.15) is 47.8 Å². The van der Waals surface area contributed by atoms with Gasteiger partial charge >= 0.3 is 5.69 Å². The molecule has 0 spiro atoms. The number of nitrogens with one attached hydrogen (secondary N) is 2. The van der Waals surface area contributed by atoms with E-state index >= 15 is 0 Å². The topological polar surface area (TPSA) is 137 Å².